The molecule has 5 heteroatoms. The summed E-state index contributed by atoms with van der Waals surface area (Å²) >= 11 is 0. The van der Waals surface area contributed by atoms with Crippen LogP contribution in [0.4, 0.5) is 0 Å². The Morgan fingerprint density at radius 1 is 1.20 bits per heavy atom. The molecule has 2 bridgehead atoms. The maximum Gasteiger partial charge on any atom is 0.211 e. The minimum Gasteiger partial charge on any atom is -0.307 e. The van der Waals surface area contributed by atoms with Crippen LogP contribution in [0.3, 0.4) is 0 Å². The lowest BCUT2D eigenvalue weighted by Crippen LogP contribution is -2.72. The summed E-state index contributed by atoms with van der Waals surface area (Å²) in [4.78, 5) is 0. The third-order valence-electron chi connectivity index (χ3n) is 4.25. The van der Waals surface area contributed by atoms with Gasteiger partial charge in [0.2, 0.25) is 10.0 Å². The number of rotatable bonds is 3. The van der Waals surface area contributed by atoms with E-state index in [4.69, 9.17) is 0 Å². The molecule has 20 heavy (non-hydrogen) atoms. The Hall–Kier alpha value is -1.17. The molecule has 3 atom stereocenters. The Kier molecular flexibility index (Phi) is 3.44. The molecule has 0 radical (unpaired) electrons. The molecule has 2 heterocycles. The van der Waals surface area contributed by atoms with Crippen LogP contribution in [0.5, 0.6) is 0 Å². The van der Waals surface area contributed by atoms with Crippen LogP contribution in [0.2, 0.25) is 0 Å². The summed E-state index contributed by atoms with van der Waals surface area (Å²) in [6.07, 6.45) is 5.40. The number of hydrogen-bond donors (Lipinski definition) is 1. The van der Waals surface area contributed by atoms with Gasteiger partial charge in [-0.2, -0.15) is 4.31 Å². The lowest BCUT2D eigenvalue weighted by Gasteiger charge is -2.54. The fourth-order valence-corrected chi connectivity index (χ4v) is 4.11. The lowest BCUT2D eigenvalue weighted by molar-refractivity contribution is 0.102. The molecule has 108 valence electrons. The Bertz CT molecular complexity index is 610. The molecule has 1 unspecified atom stereocenters. The van der Waals surface area contributed by atoms with E-state index in [0.717, 1.165) is 0 Å². The molecule has 1 aromatic rings. The largest absolute Gasteiger partial charge is 0.307 e. The maximum atomic E-state index is 11.6. The van der Waals surface area contributed by atoms with Crippen molar-refractivity contribution in [3.8, 4) is 0 Å². The maximum absolute atomic E-state index is 11.6. The molecule has 0 spiro atoms. The minimum atomic E-state index is -3.06. The number of piperidine rings is 1. The number of piperazine rings is 1. The summed E-state index contributed by atoms with van der Waals surface area (Å²) in [6, 6.07) is 9.07. The van der Waals surface area contributed by atoms with Crippen LogP contribution in [-0.4, -0.2) is 44.2 Å². The second-order valence-electron chi connectivity index (χ2n) is 5.65. The van der Waals surface area contributed by atoms with Crippen molar-refractivity contribution < 1.29 is 8.42 Å². The normalized spacial score (nSPS) is 30.4. The van der Waals surface area contributed by atoms with Crippen molar-refractivity contribution in [1.82, 2.24) is 9.62 Å². The van der Waals surface area contributed by atoms with Crippen LogP contribution in [0.1, 0.15) is 24.0 Å². The zero-order chi connectivity index (χ0) is 14.3. The fraction of sp³-hybridized carbons (Fsp3) is 0.467. The summed E-state index contributed by atoms with van der Waals surface area (Å²) in [5, 5.41) is 3.45. The highest BCUT2D eigenvalue weighted by atomic mass is 32.2. The molecule has 3 rings (SSSR count). The molecule has 0 aromatic heterocycles. The Balaban J connectivity index is 1.75. The number of fused-ring (bicyclic) bond motifs is 2. The first-order valence-corrected chi connectivity index (χ1v) is 8.77. The van der Waals surface area contributed by atoms with Gasteiger partial charge in [-0.3, -0.25) is 0 Å². The van der Waals surface area contributed by atoms with Crippen molar-refractivity contribution in [3.05, 3.63) is 41.5 Å². The van der Waals surface area contributed by atoms with Gasteiger partial charge < -0.3 is 5.32 Å². The van der Waals surface area contributed by atoms with E-state index in [1.807, 2.05) is 13.0 Å². The molecule has 2 fully saturated rings. The van der Waals surface area contributed by atoms with Gasteiger partial charge in [0.25, 0.3) is 0 Å². The van der Waals surface area contributed by atoms with Crippen molar-refractivity contribution in [1.29, 1.82) is 0 Å². The van der Waals surface area contributed by atoms with Crippen LogP contribution in [0.25, 0.3) is 6.08 Å². The van der Waals surface area contributed by atoms with E-state index < -0.39 is 10.0 Å². The molecule has 1 aromatic carbocycles. The molecule has 1 N–H and O–H groups in total. The van der Waals surface area contributed by atoms with E-state index in [1.54, 1.807) is 4.31 Å². The molecule has 0 saturated carbocycles. The van der Waals surface area contributed by atoms with Crippen LogP contribution in [-0.2, 0) is 10.0 Å². The number of nitrogens with zero attached hydrogens (tertiary/aromatic N) is 1. The van der Waals surface area contributed by atoms with Gasteiger partial charge in [-0.05, 0) is 18.1 Å². The van der Waals surface area contributed by atoms with Crippen molar-refractivity contribution in [3.63, 3.8) is 0 Å². The monoisotopic (exact) mass is 292 g/mol. The van der Waals surface area contributed by atoms with Gasteiger partial charge in [0.05, 0.1) is 6.26 Å². The molecule has 2 aliphatic rings. The third-order valence-corrected chi connectivity index (χ3v) is 5.48. The van der Waals surface area contributed by atoms with E-state index in [2.05, 4.69) is 35.7 Å². The van der Waals surface area contributed by atoms with Crippen molar-refractivity contribution in [2.75, 3.05) is 19.3 Å². The highest BCUT2D eigenvalue weighted by molar-refractivity contribution is 7.88. The summed E-state index contributed by atoms with van der Waals surface area (Å²) in [5.74, 6) is 0.438. The first-order chi connectivity index (χ1) is 9.49. The highest BCUT2D eigenvalue weighted by Crippen LogP contribution is 2.37. The number of sulfonamides is 1. The lowest BCUT2D eigenvalue weighted by atomic mass is 9.75. The smallest absolute Gasteiger partial charge is 0.211 e. The minimum absolute atomic E-state index is 0.246. The Morgan fingerprint density at radius 2 is 1.80 bits per heavy atom. The van der Waals surface area contributed by atoms with Crippen molar-refractivity contribution in [2.24, 2.45) is 0 Å². The number of hydrogen-bond acceptors (Lipinski definition) is 3. The van der Waals surface area contributed by atoms with Crippen LogP contribution >= 0.6 is 0 Å². The second kappa shape index (κ2) is 4.98. The van der Waals surface area contributed by atoms with Crippen LogP contribution in [0, 0.1) is 0 Å². The second-order valence-corrected chi connectivity index (χ2v) is 7.63. The number of benzene rings is 1. The van der Waals surface area contributed by atoms with E-state index >= 15 is 0 Å². The molecule has 4 nitrogen and oxygen atoms in total. The SMILES string of the molecule is CC=Cc1ccc(C2[C@@H]3CN(S(C)(=O)=O)C[C@H]2N3)cc1. The topological polar surface area (TPSA) is 49.4 Å². The fourth-order valence-electron chi connectivity index (χ4n) is 3.25. The summed E-state index contributed by atoms with van der Waals surface area (Å²) in [6.45, 7) is 3.17. The first kappa shape index (κ1) is 13.8. The Labute approximate surface area is 120 Å². The van der Waals surface area contributed by atoms with E-state index in [0.29, 0.717) is 19.0 Å². The molecule has 2 saturated heterocycles. The van der Waals surface area contributed by atoms with E-state index in [-0.39, 0.29) is 12.1 Å². The first-order valence-electron chi connectivity index (χ1n) is 6.93. The van der Waals surface area contributed by atoms with Gasteiger partial charge in [-0.1, -0.05) is 36.4 Å². The third kappa shape index (κ3) is 2.41. The van der Waals surface area contributed by atoms with Crippen LogP contribution < -0.4 is 5.32 Å². The molecule has 2 aliphatic heterocycles. The highest BCUT2D eigenvalue weighted by Gasteiger charge is 2.48. The Morgan fingerprint density at radius 3 is 2.30 bits per heavy atom. The van der Waals surface area contributed by atoms with Crippen LogP contribution in [0.15, 0.2) is 30.3 Å². The molecule has 0 amide bonds. The van der Waals surface area contributed by atoms with Gasteiger partial charge in [0, 0.05) is 31.1 Å². The average molecular weight is 292 g/mol. The zero-order valence-electron chi connectivity index (χ0n) is 11.8. The van der Waals surface area contributed by atoms with Crippen molar-refractivity contribution >= 4 is 16.1 Å². The van der Waals surface area contributed by atoms with E-state index in [9.17, 15) is 8.42 Å². The quantitative estimate of drug-likeness (QED) is 0.916. The molecular formula is C15H20N2O2S. The number of nitrogens with one attached hydrogen (secondary N) is 1. The van der Waals surface area contributed by atoms with Gasteiger partial charge in [0.1, 0.15) is 0 Å². The molecular weight excluding hydrogens is 272 g/mol. The summed E-state index contributed by atoms with van der Waals surface area (Å²) in [5.41, 5.74) is 2.51. The average Bonchev–Trinajstić information content (AvgIpc) is 2.40. The van der Waals surface area contributed by atoms with Gasteiger partial charge in [0.15, 0.2) is 0 Å². The summed E-state index contributed by atoms with van der Waals surface area (Å²) < 4.78 is 24.8. The standard InChI is InChI=1S/C15H20N2O2S/c1-3-4-11-5-7-12(8-6-11)15-13-9-17(20(2,18)19)10-14(15)16-13/h3-8,13-16H,9-10H2,1-2H3/t13-,14+,15?. The molecule has 0 aliphatic carbocycles. The zero-order valence-corrected chi connectivity index (χ0v) is 12.6. The van der Waals surface area contributed by atoms with Gasteiger partial charge in [-0.15, -0.1) is 0 Å². The number of allylic oxidation sites excluding steroid dienone is 1. The predicted molar refractivity (Wildman–Crippen MR) is 81.0 cm³/mol. The van der Waals surface area contributed by atoms with Gasteiger partial charge in [-0.25, -0.2) is 8.42 Å². The van der Waals surface area contributed by atoms with Crippen molar-refractivity contribution in [2.45, 2.75) is 24.9 Å². The predicted octanol–water partition coefficient (Wildman–Crippen LogP) is 1.42. The van der Waals surface area contributed by atoms with Gasteiger partial charge >= 0.3 is 0 Å². The summed E-state index contributed by atoms with van der Waals surface area (Å²) in [7, 11) is -3.06. The van der Waals surface area contributed by atoms with E-state index in [1.165, 1.54) is 17.4 Å².